The van der Waals surface area contributed by atoms with Crippen molar-refractivity contribution in [3.8, 4) is 11.5 Å². The third-order valence-corrected chi connectivity index (χ3v) is 7.15. The van der Waals surface area contributed by atoms with Gasteiger partial charge in [-0.15, -0.1) is 0 Å². The Labute approximate surface area is 160 Å². The molecule has 6 rings (SSSR count). The molecule has 0 unspecified atom stereocenters. The van der Waals surface area contributed by atoms with Gasteiger partial charge in [0, 0.05) is 13.5 Å². The van der Waals surface area contributed by atoms with Crippen LogP contribution in [0, 0.1) is 17.3 Å². The Hall–Kier alpha value is -1.75. The van der Waals surface area contributed by atoms with Crippen molar-refractivity contribution in [1.82, 2.24) is 4.90 Å². The molecule has 1 N–H and O–H groups in total. The number of hydrogen-bond donors (Lipinski definition) is 1. The summed E-state index contributed by atoms with van der Waals surface area (Å²) in [5.74, 6) is 2.91. The van der Waals surface area contributed by atoms with Crippen molar-refractivity contribution in [3.05, 3.63) is 24.3 Å². The molecule has 5 aliphatic rings. The van der Waals surface area contributed by atoms with Crippen LogP contribution in [0.1, 0.15) is 44.9 Å². The van der Waals surface area contributed by atoms with Crippen LogP contribution < -0.4 is 9.47 Å². The maximum Gasteiger partial charge on any atom is 0.222 e. The monoisotopic (exact) mass is 371 g/mol. The van der Waals surface area contributed by atoms with E-state index in [4.69, 9.17) is 9.47 Å². The molecule has 0 aromatic heterocycles. The molecule has 0 saturated heterocycles. The van der Waals surface area contributed by atoms with E-state index < -0.39 is 5.60 Å². The second-order valence-corrected chi connectivity index (χ2v) is 9.63. The van der Waals surface area contributed by atoms with Crippen molar-refractivity contribution in [2.45, 2.75) is 56.7 Å². The van der Waals surface area contributed by atoms with Crippen LogP contribution in [0.2, 0.25) is 0 Å². The summed E-state index contributed by atoms with van der Waals surface area (Å²) in [6.45, 7) is 0.990. The van der Waals surface area contributed by atoms with Crippen LogP contribution in [0.3, 0.4) is 0 Å². The molecule has 1 heterocycles. The van der Waals surface area contributed by atoms with Crippen LogP contribution in [-0.2, 0) is 4.79 Å². The summed E-state index contributed by atoms with van der Waals surface area (Å²) in [6, 6.07) is 7.66. The first-order valence-corrected chi connectivity index (χ1v) is 10.3. The van der Waals surface area contributed by atoms with Crippen molar-refractivity contribution in [3.63, 3.8) is 0 Å². The molecule has 27 heavy (non-hydrogen) atoms. The van der Waals surface area contributed by atoms with Gasteiger partial charge in [0.15, 0.2) is 17.6 Å². The number of hydrogen-bond acceptors (Lipinski definition) is 4. The Morgan fingerprint density at radius 1 is 1.19 bits per heavy atom. The third kappa shape index (κ3) is 3.20. The zero-order valence-electron chi connectivity index (χ0n) is 16.0. The fraction of sp³-hybridized carbons (Fsp3) is 0.682. The highest BCUT2D eigenvalue weighted by Crippen LogP contribution is 2.62. The SMILES string of the molecule is CN(C[C@@H]1COc2ccccc2O1)C(=O)CC12C[C@H]3C[C@@H](CC(O)(C3)C1)C2. The predicted molar refractivity (Wildman–Crippen MR) is 101 cm³/mol. The molecule has 1 amide bonds. The Bertz CT molecular complexity index is 734. The molecule has 4 saturated carbocycles. The predicted octanol–water partition coefficient (Wildman–Crippen LogP) is 3.01. The highest BCUT2D eigenvalue weighted by molar-refractivity contribution is 5.76. The number of rotatable bonds is 4. The number of aliphatic hydroxyl groups is 1. The molecule has 5 nitrogen and oxygen atoms in total. The van der Waals surface area contributed by atoms with Crippen molar-refractivity contribution in [2.75, 3.05) is 20.2 Å². The average Bonchev–Trinajstić information content (AvgIpc) is 2.59. The Balaban J connectivity index is 1.22. The lowest BCUT2D eigenvalue weighted by Crippen LogP contribution is -2.56. The van der Waals surface area contributed by atoms with E-state index in [-0.39, 0.29) is 17.4 Å². The summed E-state index contributed by atoms with van der Waals surface area (Å²) in [6.07, 6.45) is 6.59. The van der Waals surface area contributed by atoms with E-state index in [0.717, 1.165) is 43.6 Å². The maximum absolute atomic E-state index is 13.0. The highest BCUT2D eigenvalue weighted by Gasteiger charge is 2.57. The van der Waals surface area contributed by atoms with E-state index in [2.05, 4.69) is 0 Å². The van der Waals surface area contributed by atoms with E-state index >= 15 is 0 Å². The van der Waals surface area contributed by atoms with Crippen LogP contribution in [0.5, 0.6) is 11.5 Å². The molecule has 4 bridgehead atoms. The van der Waals surface area contributed by atoms with Crippen LogP contribution in [0.4, 0.5) is 0 Å². The number of para-hydroxylation sites is 2. The van der Waals surface area contributed by atoms with Gasteiger partial charge < -0.3 is 19.5 Å². The van der Waals surface area contributed by atoms with Gasteiger partial charge >= 0.3 is 0 Å². The van der Waals surface area contributed by atoms with Gasteiger partial charge in [-0.1, -0.05) is 12.1 Å². The van der Waals surface area contributed by atoms with Crippen molar-refractivity contribution in [1.29, 1.82) is 0 Å². The summed E-state index contributed by atoms with van der Waals surface area (Å²) in [5.41, 5.74) is -0.492. The first-order chi connectivity index (χ1) is 12.9. The molecule has 3 atom stereocenters. The zero-order chi connectivity index (χ0) is 18.6. The number of fused-ring (bicyclic) bond motifs is 1. The number of benzene rings is 1. The van der Waals surface area contributed by atoms with Gasteiger partial charge in [-0.2, -0.15) is 0 Å². The summed E-state index contributed by atoms with van der Waals surface area (Å²) in [4.78, 5) is 14.8. The topological polar surface area (TPSA) is 59.0 Å². The molecular formula is C22H29NO4. The highest BCUT2D eigenvalue weighted by atomic mass is 16.6. The standard InChI is InChI=1S/C22H29NO4/c1-23(12-17-13-26-18-4-2-3-5-19(18)27-17)20(24)11-21-7-15-6-16(8-21)10-22(25,9-15)14-21/h2-5,15-17,25H,6-14H2,1H3/t15-,16-,17-,21?,22?/m1/s1. The Kier molecular flexibility index (Phi) is 3.94. The average molecular weight is 371 g/mol. The molecule has 5 heteroatoms. The Morgan fingerprint density at radius 3 is 2.59 bits per heavy atom. The third-order valence-electron chi connectivity index (χ3n) is 7.15. The van der Waals surface area contributed by atoms with Gasteiger partial charge in [0.2, 0.25) is 5.91 Å². The molecular weight excluding hydrogens is 342 g/mol. The summed E-state index contributed by atoms with van der Waals surface area (Å²) in [5, 5.41) is 10.9. The second-order valence-electron chi connectivity index (χ2n) is 9.63. The van der Waals surface area contributed by atoms with E-state index in [0.29, 0.717) is 31.4 Å². The van der Waals surface area contributed by atoms with Crippen LogP contribution >= 0.6 is 0 Å². The smallest absolute Gasteiger partial charge is 0.222 e. The number of carbonyl (C=O) groups is 1. The number of ether oxygens (including phenoxy) is 2. The van der Waals surface area contributed by atoms with Crippen molar-refractivity contribution < 1.29 is 19.4 Å². The molecule has 0 spiro atoms. The zero-order valence-corrected chi connectivity index (χ0v) is 16.0. The van der Waals surface area contributed by atoms with E-state index in [1.807, 2.05) is 31.3 Å². The van der Waals surface area contributed by atoms with E-state index in [9.17, 15) is 9.90 Å². The Morgan fingerprint density at radius 2 is 1.89 bits per heavy atom. The van der Waals surface area contributed by atoms with Crippen LogP contribution in [0.15, 0.2) is 24.3 Å². The molecule has 4 fully saturated rings. The first-order valence-electron chi connectivity index (χ1n) is 10.3. The minimum absolute atomic E-state index is 0.0146. The molecule has 146 valence electrons. The normalized spacial score (nSPS) is 38.7. The minimum atomic E-state index is -0.507. The van der Waals surface area contributed by atoms with E-state index in [1.54, 1.807) is 4.90 Å². The van der Waals surface area contributed by atoms with Crippen LogP contribution in [-0.4, -0.2) is 47.8 Å². The van der Waals surface area contributed by atoms with Crippen LogP contribution in [0.25, 0.3) is 0 Å². The van der Waals surface area contributed by atoms with Gasteiger partial charge in [-0.05, 0) is 67.9 Å². The molecule has 1 aromatic carbocycles. The van der Waals surface area contributed by atoms with Gasteiger partial charge in [0.1, 0.15) is 6.61 Å². The first kappa shape index (κ1) is 17.4. The minimum Gasteiger partial charge on any atom is -0.486 e. The summed E-state index contributed by atoms with van der Waals surface area (Å²) in [7, 11) is 1.86. The molecule has 0 radical (unpaired) electrons. The van der Waals surface area contributed by atoms with Crippen molar-refractivity contribution in [2.24, 2.45) is 17.3 Å². The number of amides is 1. The van der Waals surface area contributed by atoms with Gasteiger partial charge in [0.05, 0.1) is 12.1 Å². The number of nitrogens with zero attached hydrogens (tertiary/aromatic N) is 1. The molecule has 1 aliphatic heterocycles. The van der Waals surface area contributed by atoms with E-state index in [1.165, 1.54) is 6.42 Å². The lowest BCUT2D eigenvalue weighted by molar-refractivity contribution is -0.172. The van der Waals surface area contributed by atoms with Gasteiger partial charge in [0.25, 0.3) is 0 Å². The largest absolute Gasteiger partial charge is 0.486 e. The summed E-state index contributed by atoms with van der Waals surface area (Å²) < 4.78 is 11.8. The fourth-order valence-electron chi connectivity index (χ4n) is 6.62. The van der Waals surface area contributed by atoms with Gasteiger partial charge in [-0.25, -0.2) is 0 Å². The maximum atomic E-state index is 13.0. The fourth-order valence-corrected chi connectivity index (χ4v) is 6.62. The van der Waals surface area contributed by atoms with Crippen molar-refractivity contribution >= 4 is 5.91 Å². The van der Waals surface area contributed by atoms with Gasteiger partial charge in [-0.3, -0.25) is 4.79 Å². The molecule has 4 aliphatic carbocycles. The quantitative estimate of drug-likeness (QED) is 0.884. The number of carbonyl (C=O) groups excluding carboxylic acids is 1. The molecule has 1 aromatic rings. The number of likely N-dealkylation sites (N-methyl/N-ethyl adjacent to an activating group) is 1. The second kappa shape index (κ2) is 6.13. The summed E-state index contributed by atoms with van der Waals surface area (Å²) >= 11 is 0. The lowest BCUT2D eigenvalue weighted by Gasteiger charge is -2.60. The lowest BCUT2D eigenvalue weighted by atomic mass is 9.47.